The van der Waals surface area contributed by atoms with Crippen molar-refractivity contribution in [3.63, 3.8) is 0 Å². The Hall–Kier alpha value is -3.79. The molecule has 0 spiro atoms. The maximum absolute atomic E-state index is 12.2. The number of hydrogen-bond donors (Lipinski definition) is 0. The average molecular weight is 412 g/mol. The number of esters is 1. The summed E-state index contributed by atoms with van der Waals surface area (Å²) in [6.07, 6.45) is 0. The number of carbonyl (C=O) groups excluding carboxylic acids is 1. The van der Waals surface area contributed by atoms with E-state index in [-0.39, 0.29) is 5.97 Å². The molecule has 0 saturated carbocycles. The van der Waals surface area contributed by atoms with Crippen molar-refractivity contribution in [1.29, 1.82) is 0 Å². The van der Waals surface area contributed by atoms with Crippen LogP contribution in [0.1, 0.15) is 28.5 Å². The summed E-state index contributed by atoms with van der Waals surface area (Å²) in [6.45, 7) is 4.70. The fraction of sp³-hybridized carbons (Fsp3) is 0.148. The quantitative estimate of drug-likeness (QED) is 0.340. The number of nitrogens with zero attached hydrogens (tertiary/aromatic N) is 1. The zero-order valence-corrected chi connectivity index (χ0v) is 17.7. The monoisotopic (exact) mass is 411 g/mol. The Kier molecular flexibility index (Phi) is 6.18. The first-order valence-corrected chi connectivity index (χ1v) is 10.4. The van der Waals surface area contributed by atoms with E-state index in [0.29, 0.717) is 18.8 Å². The van der Waals surface area contributed by atoms with Crippen molar-refractivity contribution in [3.8, 4) is 22.7 Å². The number of para-hydroxylation sites is 1. The van der Waals surface area contributed by atoms with Crippen molar-refractivity contribution in [2.45, 2.75) is 20.5 Å². The van der Waals surface area contributed by atoms with Gasteiger partial charge in [-0.2, -0.15) is 0 Å². The smallest absolute Gasteiger partial charge is 0.338 e. The van der Waals surface area contributed by atoms with Crippen molar-refractivity contribution in [2.75, 3.05) is 6.61 Å². The highest BCUT2D eigenvalue weighted by Gasteiger charge is 2.15. The molecule has 0 aliphatic carbocycles. The van der Waals surface area contributed by atoms with Gasteiger partial charge in [0, 0.05) is 16.9 Å². The van der Waals surface area contributed by atoms with Crippen molar-refractivity contribution < 1.29 is 14.3 Å². The van der Waals surface area contributed by atoms with Crippen LogP contribution in [0.4, 0.5) is 0 Å². The van der Waals surface area contributed by atoms with E-state index < -0.39 is 0 Å². The van der Waals surface area contributed by atoms with Gasteiger partial charge in [0.15, 0.2) is 0 Å². The lowest BCUT2D eigenvalue weighted by molar-refractivity contribution is 0.0526. The van der Waals surface area contributed by atoms with Gasteiger partial charge in [-0.05, 0) is 61.9 Å². The molecule has 31 heavy (non-hydrogen) atoms. The van der Waals surface area contributed by atoms with Gasteiger partial charge >= 0.3 is 5.97 Å². The summed E-state index contributed by atoms with van der Waals surface area (Å²) in [5, 5.41) is 0. The molecule has 4 heteroatoms. The van der Waals surface area contributed by atoms with Crippen molar-refractivity contribution in [2.24, 2.45) is 0 Å². The van der Waals surface area contributed by atoms with Crippen LogP contribution < -0.4 is 4.74 Å². The molecule has 156 valence electrons. The predicted molar refractivity (Wildman–Crippen MR) is 123 cm³/mol. The largest absolute Gasteiger partial charge is 0.488 e. The van der Waals surface area contributed by atoms with Crippen LogP contribution in [-0.4, -0.2) is 17.1 Å². The van der Waals surface area contributed by atoms with Crippen molar-refractivity contribution in [3.05, 3.63) is 108 Å². The van der Waals surface area contributed by atoms with E-state index in [0.717, 1.165) is 34.0 Å². The molecule has 0 fully saturated rings. The van der Waals surface area contributed by atoms with Crippen molar-refractivity contribution in [1.82, 2.24) is 4.57 Å². The number of benzene rings is 3. The summed E-state index contributed by atoms with van der Waals surface area (Å²) in [6, 6.07) is 29.8. The maximum atomic E-state index is 12.2. The van der Waals surface area contributed by atoms with E-state index in [4.69, 9.17) is 9.47 Å². The predicted octanol–water partition coefficient (Wildman–Crippen LogP) is 6.21. The molecule has 1 aromatic heterocycles. The van der Waals surface area contributed by atoms with Crippen LogP contribution in [0.25, 0.3) is 16.9 Å². The van der Waals surface area contributed by atoms with Crippen LogP contribution in [0, 0.1) is 6.92 Å². The second-order valence-electron chi connectivity index (χ2n) is 7.24. The van der Waals surface area contributed by atoms with Crippen LogP contribution >= 0.6 is 0 Å². The Labute approximate surface area is 182 Å². The Balaban J connectivity index is 1.71. The highest BCUT2D eigenvalue weighted by atomic mass is 16.5. The minimum absolute atomic E-state index is 0.317. The van der Waals surface area contributed by atoms with E-state index in [1.807, 2.05) is 68.4 Å². The van der Waals surface area contributed by atoms with Crippen LogP contribution in [-0.2, 0) is 11.3 Å². The molecule has 0 aliphatic heterocycles. The first-order valence-electron chi connectivity index (χ1n) is 10.4. The number of hydrogen-bond acceptors (Lipinski definition) is 3. The van der Waals surface area contributed by atoms with Gasteiger partial charge in [-0.1, -0.05) is 48.5 Å². The second-order valence-corrected chi connectivity index (χ2v) is 7.24. The normalized spacial score (nSPS) is 10.6. The zero-order valence-electron chi connectivity index (χ0n) is 17.7. The summed E-state index contributed by atoms with van der Waals surface area (Å²) in [5.41, 5.74) is 5.61. The van der Waals surface area contributed by atoms with Gasteiger partial charge in [-0.3, -0.25) is 0 Å². The first kappa shape index (κ1) is 20.5. The Morgan fingerprint density at radius 1 is 0.871 bits per heavy atom. The minimum atomic E-state index is -0.317. The minimum Gasteiger partial charge on any atom is -0.488 e. The van der Waals surface area contributed by atoms with Crippen molar-refractivity contribution >= 4 is 5.97 Å². The third kappa shape index (κ3) is 4.53. The SMILES string of the molecule is CCOC(=O)c1cccc(-n2c(C)ccc2-c2ccccc2OCc2ccccc2)c1. The van der Waals surface area contributed by atoms with E-state index >= 15 is 0 Å². The molecule has 0 saturated heterocycles. The summed E-state index contributed by atoms with van der Waals surface area (Å²) >= 11 is 0. The third-order valence-corrected chi connectivity index (χ3v) is 5.09. The topological polar surface area (TPSA) is 40.5 Å². The van der Waals surface area contributed by atoms with Gasteiger partial charge in [-0.15, -0.1) is 0 Å². The number of ether oxygens (including phenoxy) is 2. The molecule has 4 nitrogen and oxygen atoms in total. The van der Waals surface area contributed by atoms with Gasteiger partial charge in [0.2, 0.25) is 0 Å². The highest BCUT2D eigenvalue weighted by molar-refractivity contribution is 5.90. The van der Waals surface area contributed by atoms with Crippen LogP contribution in [0.15, 0.2) is 91.0 Å². The Morgan fingerprint density at radius 2 is 1.65 bits per heavy atom. The third-order valence-electron chi connectivity index (χ3n) is 5.09. The highest BCUT2D eigenvalue weighted by Crippen LogP contribution is 2.34. The van der Waals surface area contributed by atoms with E-state index in [2.05, 4.69) is 34.9 Å². The molecule has 4 rings (SSSR count). The van der Waals surface area contributed by atoms with E-state index in [9.17, 15) is 4.79 Å². The molecule has 0 N–H and O–H groups in total. The number of aryl methyl sites for hydroxylation is 1. The lowest BCUT2D eigenvalue weighted by Crippen LogP contribution is -2.07. The molecule has 0 amide bonds. The molecule has 0 aliphatic rings. The fourth-order valence-corrected chi connectivity index (χ4v) is 3.62. The zero-order chi connectivity index (χ0) is 21.6. The van der Waals surface area contributed by atoms with Gasteiger partial charge < -0.3 is 14.0 Å². The molecule has 0 radical (unpaired) electrons. The molecular formula is C27H25NO3. The van der Waals surface area contributed by atoms with Crippen LogP contribution in [0.3, 0.4) is 0 Å². The summed E-state index contributed by atoms with van der Waals surface area (Å²) in [7, 11) is 0. The standard InChI is InChI=1S/C27H25NO3/c1-3-30-27(29)22-12-9-13-23(18-22)28-20(2)16-17-25(28)24-14-7-8-15-26(24)31-19-21-10-5-4-6-11-21/h4-18H,3,19H2,1-2H3. The lowest BCUT2D eigenvalue weighted by atomic mass is 10.1. The number of carbonyl (C=O) groups is 1. The molecule has 3 aromatic carbocycles. The van der Waals surface area contributed by atoms with Gasteiger partial charge in [-0.25, -0.2) is 4.79 Å². The van der Waals surface area contributed by atoms with Gasteiger partial charge in [0.25, 0.3) is 0 Å². The van der Waals surface area contributed by atoms with Gasteiger partial charge in [0.05, 0.1) is 17.9 Å². The molecule has 0 atom stereocenters. The summed E-state index contributed by atoms with van der Waals surface area (Å²) in [4.78, 5) is 12.2. The second kappa shape index (κ2) is 9.35. The van der Waals surface area contributed by atoms with Gasteiger partial charge in [0.1, 0.15) is 12.4 Å². The molecule has 4 aromatic rings. The maximum Gasteiger partial charge on any atom is 0.338 e. The lowest BCUT2D eigenvalue weighted by Gasteiger charge is -2.16. The summed E-state index contributed by atoms with van der Waals surface area (Å²) in [5.74, 6) is 0.495. The van der Waals surface area contributed by atoms with E-state index in [1.165, 1.54) is 0 Å². The Bertz CT molecular complexity index is 1180. The average Bonchev–Trinajstić information content (AvgIpc) is 3.20. The Morgan fingerprint density at radius 3 is 2.45 bits per heavy atom. The summed E-state index contributed by atoms with van der Waals surface area (Å²) < 4.78 is 13.5. The number of aromatic nitrogens is 1. The molecule has 0 unspecified atom stereocenters. The fourth-order valence-electron chi connectivity index (χ4n) is 3.62. The number of rotatable bonds is 7. The molecule has 0 bridgehead atoms. The van der Waals surface area contributed by atoms with Crippen LogP contribution in [0.5, 0.6) is 5.75 Å². The van der Waals surface area contributed by atoms with Crippen LogP contribution in [0.2, 0.25) is 0 Å². The molecule has 1 heterocycles. The first-order chi connectivity index (χ1) is 15.2. The molecular weight excluding hydrogens is 386 g/mol. The van der Waals surface area contributed by atoms with E-state index in [1.54, 1.807) is 6.07 Å².